The van der Waals surface area contributed by atoms with E-state index in [0.717, 1.165) is 51.0 Å². The monoisotopic (exact) mass is 406 g/mol. The van der Waals surface area contributed by atoms with Gasteiger partial charge < -0.3 is 14.8 Å². The van der Waals surface area contributed by atoms with Gasteiger partial charge in [0.15, 0.2) is 17.1 Å². The van der Waals surface area contributed by atoms with Crippen molar-refractivity contribution in [2.24, 2.45) is 0 Å². The summed E-state index contributed by atoms with van der Waals surface area (Å²) in [5.41, 5.74) is 4.88. The van der Waals surface area contributed by atoms with Crippen molar-refractivity contribution < 1.29 is 9.47 Å². The van der Waals surface area contributed by atoms with E-state index in [0.29, 0.717) is 18.2 Å². The molecule has 0 fully saturated rings. The molecule has 6 nitrogen and oxygen atoms in total. The zero-order valence-electron chi connectivity index (χ0n) is 16.1. The summed E-state index contributed by atoms with van der Waals surface area (Å²) in [6.07, 6.45) is 1.57. The van der Waals surface area contributed by atoms with Gasteiger partial charge in [-0.1, -0.05) is 17.7 Å². The quantitative estimate of drug-likeness (QED) is 0.506. The molecular formula is C22H19ClN4O2. The van der Waals surface area contributed by atoms with Gasteiger partial charge in [0, 0.05) is 28.2 Å². The molecule has 1 N–H and O–H groups in total. The second-order valence-electron chi connectivity index (χ2n) is 6.93. The molecule has 3 heterocycles. The Balaban J connectivity index is 1.62. The maximum absolute atomic E-state index is 6.22. The molecule has 2 aromatic heterocycles. The first-order chi connectivity index (χ1) is 14.1. The van der Waals surface area contributed by atoms with Crippen molar-refractivity contribution in [1.29, 1.82) is 0 Å². The summed E-state index contributed by atoms with van der Waals surface area (Å²) < 4.78 is 13.4. The van der Waals surface area contributed by atoms with Crippen LogP contribution in [0.3, 0.4) is 0 Å². The SMILES string of the molecule is Cc1c(C)n(-c2cccc(Cl)c2)c2ncnc(Nc3ccc4c(c3)OCCO4)c12. The van der Waals surface area contributed by atoms with Crippen LogP contribution in [0.25, 0.3) is 16.7 Å². The van der Waals surface area contributed by atoms with Gasteiger partial charge >= 0.3 is 0 Å². The number of aryl methyl sites for hydroxylation is 1. The topological polar surface area (TPSA) is 61.2 Å². The summed E-state index contributed by atoms with van der Waals surface area (Å²) in [5.74, 6) is 2.23. The minimum absolute atomic E-state index is 0.551. The molecule has 0 spiro atoms. The number of benzene rings is 2. The molecule has 7 heteroatoms. The van der Waals surface area contributed by atoms with E-state index >= 15 is 0 Å². The summed E-state index contributed by atoms with van der Waals surface area (Å²) in [5, 5.41) is 5.07. The number of rotatable bonds is 3. The van der Waals surface area contributed by atoms with Crippen LogP contribution >= 0.6 is 11.6 Å². The van der Waals surface area contributed by atoms with Crippen LogP contribution in [0.1, 0.15) is 11.3 Å². The lowest BCUT2D eigenvalue weighted by Crippen LogP contribution is -2.15. The molecule has 146 valence electrons. The summed E-state index contributed by atoms with van der Waals surface area (Å²) >= 11 is 6.22. The van der Waals surface area contributed by atoms with E-state index in [2.05, 4.69) is 33.7 Å². The van der Waals surface area contributed by atoms with Crippen LogP contribution in [0.15, 0.2) is 48.8 Å². The minimum atomic E-state index is 0.551. The third-order valence-electron chi connectivity index (χ3n) is 5.16. The van der Waals surface area contributed by atoms with Gasteiger partial charge in [0.05, 0.1) is 5.39 Å². The lowest BCUT2D eigenvalue weighted by Gasteiger charge is -2.19. The van der Waals surface area contributed by atoms with E-state index in [1.807, 2.05) is 42.5 Å². The van der Waals surface area contributed by atoms with Crippen molar-refractivity contribution in [3.63, 3.8) is 0 Å². The number of nitrogens with zero attached hydrogens (tertiary/aromatic N) is 3. The zero-order chi connectivity index (χ0) is 20.0. The van der Waals surface area contributed by atoms with Gasteiger partial charge in [0.25, 0.3) is 0 Å². The van der Waals surface area contributed by atoms with E-state index in [9.17, 15) is 0 Å². The molecule has 0 saturated carbocycles. The molecule has 1 aliphatic heterocycles. The molecule has 2 aromatic carbocycles. The maximum Gasteiger partial charge on any atom is 0.163 e. The molecule has 0 aliphatic carbocycles. The molecule has 0 radical (unpaired) electrons. The Labute approximate surface area is 173 Å². The van der Waals surface area contributed by atoms with Crippen molar-refractivity contribution in [2.45, 2.75) is 13.8 Å². The summed E-state index contributed by atoms with van der Waals surface area (Å²) in [4.78, 5) is 9.07. The van der Waals surface area contributed by atoms with Crippen LogP contribution in [0.2, 0.25) is 5.02 Å². The third-order valence-corrected chi connectivity index (χ3v) is 5.40. The standard InChI is InChI=1S/C22H19ClN4O2/c1-13-14(2)27(17-5-3-4-15(23)10-17)22-20(13)21(24-12-25-22)26-16-6-7-18-19(11-16)29-9-8-28-18/h3-7,10-12H,8-9H2,1-2H3,(H,24,25,26). The molecule has 5 rings (SSSR count). The van der Waals surface area contributed by atoms with E-state index in [1.165, 1.54) is 0 Å². The van der Waals surface area contributed by atoms with Crippen LogP contribution in [0.4, 0.5) is 11.5 Å². The molecule has 4 aromatic rings. The van der Waals surface area contributed by atoms with Crippen molar-refractivity contribution >= 4 is 34.1 Å². The van der Waals surface area contributed by atoms with Crippen LogP contribution in [-0.4, -0.2) is 27.7 Å². The van der Waals surface area contributed by atoms with Crippen molar-refractivity contribution in [1.82, 2.24) is 14.5 Å². The Hall–Kier alpha value is -3.25. The average molecular weight is 407 g/mol. The molecule has 0 atom stereocenters. The van der Waals surface area contributed by atoms with Crippen molar-refractivity contribution in [3.05, 3.63) is 65.1 Å². The summed E-state index contributed by atoms with van der Waals surface area (Å²) in [7, 11) is 0. The molecule has 29 heavy (non-hydrogen) atoms. The fourth-order valence-corrected chi connectivity index (χ4v) is 3.87. The van der Waals surface area contributed by atoms with Gasteiger partial charge in [0.2, 0.25) is 0 Å². The largest absolute Gasteiger partial charge is 0.486 e. The summed E-state index contributed by atoms with van der Waals surface area (Å²) in [6.45, 7) is 5.28. The molecule has 0 amide bonds. The predicted octanol–water partition coefficient (Wildman–Crippen LogP) is 5.21. The van der Waals surface area contributed by atoms with Crippen molar-refractivity contribution in [3.8, 4) is 17.2 Å². The fraction of sp³-hybridized carbons (Fsp3) is 0.182. The summed E-state index contributed by atoms with van der Waals surface area (Å²) in [6, 6.07) is 13.6. The molecule has 0 saturated heterocycles. The molecule has 1 aliphatic rings. The van der Waals surface area contributed by atoms with Crippen LogP contribution in [0, 0.1) is 13.8 Å². The van der Waals surface area contributed by atoms with Gasteiger partial charge in [-0.3, -0.25) is 4.57 Å². The van der Waals surface area contributed by atoms with E-state index < -0.39 is 0 Å². The Bertz CT molecular complexity index is 1240. The predicted molar refractivity (Wildman–Crippen MR) is 114 cm³/mol. The first-order valence-electron chi connectivity index (χ1n) is 9.37. The van der Waals surface area contributed by atoms with Crippen LogP contribution < -0.4 is 14.8 Å². The van der Waals surface area contributed by atoms with Gasteiger partial charge in [-0.15, -0.1) is 0 Å². The number of ether oxygens (including phenoxy) is 2. The van der Waals surface area contributed by atoms with E-state index in [1.54, 1.807) is 6.33 Å². The Morgan fingerprint density at radius 1 is 1.00 bits per heavy atom. The number of nitrogens with one attached hydrogen (secondary N) is 1. The normalized spacial score (nSPS) is 12.9. The number of aromatic nitrogens is 3. The Morgan fingerprint density at radius 2 is 1.83 bits per heavy atom. The molecular weight excluding hydrogens is 388 g/mol. The number of anilines is 2. The lowest BCUT2D eigenvalue weighted by atomic mass is 10.2. The highest BCUT2D eigenvalue weighted by atomic mass is 35.5. The zero-order valence-corrected chi connectivity index (χ0v) is 16.8. The van der Waals surface area contributed by atoms with Gasteiger partial charge in [-0.25, -0.2) is 9.97 Å². The van der Waals surface area contributed by atoms with Crippen LogP contribution in [-0.2, 0) is 0 Å². The highest BCUT2D eigenvalue weighted by molar-refractivity contribution is 6.30. The van der Waals surface area contributed by atoms with Gasteiger partial charge in [0.1, 0.15) is 25.4 Å². The second kappa shape index (κ2) is 6.97. The number of halogens is 1. The minimum Gasteiger partial charge on any atom is -0.486 e. The van der Waals surface area contributed by atoms with Crippen LogP contribution in [0.5, 0.6) is 11.5 Å². The highest BCUT2D eigenvalue weighted by Gasteiger charge is 2.19. The Morgan fingerprint density at radius 3 is 2.66 bits per heavy atom. The van der Waals surface area contributed by atoms with E-state index in [-0.39, 0.29) is 0 Å². The van der Waals surface area contributed by atoms with Gasteiger partial charge in [-0.2, -0.15) is 0 Å². The number of fused-ring (bicyclic) bond motifs is 2. The average Bonchev–Trinajstić information content (AvgIpc) is 2.99. The highest BCUT2D eigenvalue weighted by Crippen LogP contribution is 2.36. The van der Waals surface area contributed by atoms with Crippen molar-refractivity contribution in [2.75, 3.05) is 18.5 Å². The third kappa shape index (κ3) is 3.06. The smallest absolute Gasteiger partial charge is 0.163 e. The maximum atomic E-state index is 6.22. The molecule has 0 unspecified atom stereocenters. The fourth-order valence-electron chi connectivity index (χ4n) is 3.68. The number of hydrogen-bond donors (Lipinski definition) is 1. The Kier molecular flexibility index (Phi) is 4.28. The van der Waals surface area contributed by atoms with E-state index in [4.69, 9.17) is 21.1 Å². The number of hydrogen-bond acceptors (Lipinski definition) is 5. The lowest BCUT2D eigenvalue weighted by molar-refractivity contribution is 0.171. The molecule has 0 bridgehead atoms. The first kappa shape index (κ1) is 17.8. The first-order valence-corrected chi connectivity index (χ1v) is 9.75. The van der Waals surface area contributed by atoms with Gasteiger partial charge in [-0.05, 0) is 49.7 Å². The second-order valence-corrected chi connectivity index (χ2v) is 7.37.